The van der Waals surface area contributed by atoms with Crippen LogP contribution in [0, 0.1) is 6.92 Å². The van der Waals surface area contributed by atoms with Gasteiger partial charge < -0.3 is 25.6 Å². The number of hydrogen-bond acceptors (Lipinski definition) is 11. The van der Waals surface area contributed by atoms with Gasteiger partial charge in [-0.1, -0.05) is 24.3 Å². The smallest absolute Gasteiger partial charge is 0.229 e. The average molecular weight is 653 g/mol. The molecule has 1 aliphatic carbocycles. The number of nitrogens with zero attached hydrogens (tertiary/aromatic N) is 7. The van der Waals surface area contributed by atoms with Crippen LogP contribution in [0.4, 0.5) is 40.6 Å². The van der Waals surface area contributed by atoms with Gasteiger partial charge in [-0.25, -0.2) is 15.0 Å². The average Bonchev–Trinajstić information content (AvgIpc) is 3.75. The molecule has 13 nitrogen and oxygen atoms in total. The number of morpholine rings is 1. The van der Waals surface area contributed by atoms with Gasteiger partial charge in [0.1, 0.15) is 18.0 Å². The predicted molar refractivity (Wildman–Crippen MR) is 192 cm³/mol. The van der Waals surface area contributed by atoms with E-state index in [0.717, 1.165) is 82.8 Å². The number of aromatic nitrogens is 8. The van der Waals surface area contributed by atoms with E-state index in [4.69, 9.17) is 14.7 Å². The van der Waals surface area contributed by atoms with Gasteiger partial charge in [-0.3, -0.25) is 10.2 Å². The van der Waals surface area contributed by atoms with Gasteiger partial charge in [0, 0.05) is 64.7 Å². The summed E-state index contributed by atoms with van der Waals surface area (Å²) in [6.45, 7) is 5.35. The highest BCUT2D eigenvalue weighted by Gasteiger charge is 2.25. The molecule has 0 radical (unpaired) electrons. The second-order valence-corrected chi connectivity index (χ2v) is 12.1. The molecule has 2 aliphatic rings. The number of H-pyrrole nitrogens is 2. The molecule has 4 aromatic heterocycles. The molecule has 0 bridgehead atoms. The van der Waals surface area contributed by atoms with Crippen molar-refractivity contribution < 1.29 is 4.74 Å². The first kappa shape index (κ1) is 30.3. The quantitative estimate of drug-likeness (QED) is 0.116. The molecular formula is C36H36N12O. The summed E-state index contributed by atoms with van der Waals surface area (Å²) in [7, 11) is 0. The lowest BCUT2D eigenvalue weighted by Gasteiger charge is -2.28. The van der Waals surface area contributed by atoms with Crippen molar-refractivity contribution >= 4 is 62.4 Å². The molecule has 5 heterocycles. The van der Waals surface area contributed by atoms with Gasteiger partial charge in [0.2, 0.25) is 5.95 Å². The summed E-state index contributed by atoms with van der Waals surface area (Å²) in [4.78, 5) is 20.3. The Labute approximate surface area is 282 Å². The third kappa shape index (κ3) is 7.11. The van der Waals surface area contributed by atoms with E-state index >= 15 is 0 Å². The van der Waals surface area contributed by atoms with Crippen LogP contribution in [0.5, 0.6) is 0 Å². The van der Waals surface area contributed by atoms with E-state index in [-0.39, 0.29) is 0 Å². The van der Waals surface area contributed by atoms with Gasteiger partial charge >= 0.3 is 0 Å². The van der Waals surface area contributed by atoms with Gasteiger partial charge in [0.25, 0.3) is 0 Å². The Kier molecular flexibility index (Phi) is 8.38. The van der Waals surface area contributed by atoms with Gasteiger partial charge in [0.15, 0.2) is 11.6 Å². The number of ether oxygens (including phenoxy) is 1. The predicted octanol–water partition coefficient (Wildman–Crippen LogP) is 6.96. The second kappa shape index (κ2) is 13.6. The first-order chi connectivity index (χ1) is 24.1. The van der Waals surface area contributed by atoms with E-state index in [1.165, 1.54) is 24.2 Å². The SMILES string of the molecule is Cc1cc(Nc2ncnc3ccccc23)n[nH]1.c1ccc2c(Nc3cc(C4CC4)[nH]n3)nc(Nc3ccc(N4CCOCC4)cc3)nc2c1. The number of hydrogen-bond donors (Lipinski definition) is 5. The van der Waals surface area contributed by atoms with Crippen molar-refractivity contribution in [1.82, 2.24) is 40.3 Å². The molecule has 7 aromatic rings. The first-order valence-electron chi connectivity index (χ1n) is 16.4. The molecular weight excluding hydrogens is 616 g/mol. The monoisotopic (exact) mass is 652 g/mol. The summed E-state index contributed by atoms with van der Waals surface area (Å²) >= 11 is 0. The van der Waals surface area contributed by atoms with Crippen LogP contribution >= 0.6 is 0 Å². The molecule has 13 heteroatoms. The fourth-order valence-corrected chi connectivity index (χ4v) is 5.77. The van der Waals surface area contributed by atoms with Crippen LogP contribution in [0.3, 0.4) is 0 Å². The molecule has 9 rings (SSSR count). The number of para-hydroxylation sites is 2. The van der Waals surface area contributed by atoms with E-state index in [0.29, 0.717) is 11.9 Å². The Morgan fingerprint density at radius 1 is 0.714 bits per heavy atom. The molecule has 0 spiro atoms. The maximum Gasteiger partial charge on any atom is 0.229 e. The normalized spacial score (nSPS) is 14.3. The van der Waals surface area contributed by atoms with Crippen LogP contribution in [0.25, 0.3) is 21.8 Å². The van der Waals surface area contributed by atoms with Crippen molar-refractivity contribution in [1.29, 1.82) is 0 Å². The van der Waals surface area contributed by atoms with Crippen LogP contribution in [0.1, 0.15) is 30.1 Å². The Hall–Kier alpha value is -6.08. The zero-order chi connectivity index (χ0) is 33.0. The number of aromatic amines is 2. The van der Waals surface area contributed by atoms with Crippen molar-refractivity contribution in [2.75, 3.05) is 47.2 Å². The molecule has 3 aromatic carbocycles. The first-order valence-corrected chi connectivity index (χ1v) is 16.4. The zero-order valence-corrected chi connectivity index (χ0v) is 27.0. The molecule has 2 fully saturated rings. The van der Waals surface area contributed by atoms with Gasteiger partial charge in [-0.05, 0) is 68.3 Å². The lowest BCUT2D eigenvalue weighted by atomic mass is 10.2. The Bertz CT molecular complexity index is 2180. The third-order valence-corrected chi connectivity index (χ3v) is 8.46. The largest absolute Gasteiger partial charge is 0.378 e. The highest BCUT2D eigenvalue weighted by Crippen LogP contribution is 2.40. The Morgan fingerprint density at radius 2 is 1.41 bits per heavy atom. The molecule has 1 saturated heterocycles. The van der Waals surface area contributed by atoms with Crippen LogP contribution in [-0.4, -0.2) is 66.6 Å². The number of aryl methyl sites for hydroxylation is 1. The number of fused-ring (bicyclic) bond motifs is 2. The van der Waals surface area contributed by atoms with Gasteiger partial charge in [0.05, 0.1) is 24.2 Å². The highest BCUT2D eigenvalue weighted by atomic mass is 16.5. The van der Waals surface area contributed by atoms with E-state index in [1.807, 2.05) is 61.5 Å². The Balaban J connectivity index is 0.000000172. The second-order valence-electron chi connectivity index (χ2n) is 12.1. The summed E-state index contributed by atoms with van der Waals surface area (Å²) in [6, 6.07) is 28.2. The fourth-order valence-electron chi connectivity index (χ4n) is 5.77. The molecule has 5 N–H and O–H groups in total. The number of benzene rings is 3. The minimum absolute atomic E-state index is 0.545. The molecule has 1 aliphatic heterocycles. The van der Waals surface area contributed by atoms with Crippen molar-refractivity contribution in [2.45, 2.75) is 25.7 Å². The van der Waals surface area contributed by atoms with Crippen molar-refractivity contribution in [3.05, 3.63) is 103 Å². The van der Waals surface area contributed by atoms with Crippen LogP contribution < -0.4 is 20.9 Å². The minimum atomic E-state index is 0.545. The summed E-state index contributed by atoms with van der Waals surface area (Å²) < 4.78 is 5.45. The molecule has 0 amide bonds. The van der Waals surface area contributed by atoms with Crippen molar-refractivity contribution in [3.8, 4) is 0 Å². The maximum absolute atomic E-state index is 5.45. The Morgan fingerprint density at radius 3 is 2.16 bits per heavy atom. The van der Waals surface area contributed by atoms with Crippen LogP contribution in [-0.2, 0) is 4.74 Å². The molecule has 246 valence electrons. The van der Waals surface area contributed by atoms with Crippen molar-refractivity contribution in [3.63, 3.8) is 0 Å². The standard InChI is InChI=1S/C24H25N7O.C12H11N5/c1-2-4-20-19(3-1)23(27-22-15-21(29-30-22)16-5-6-16)28-24(26-20)25-17-7-9-18(10-8-17)31-11-13-32-14-12-31;1-8-6-11(17-16-8)15-12-9-4-2-3-5-10(9)13-7-14-12/h1-4,7-10,15-16H,5-6,11-14H2,(H3,25,26,27,28,29,30);2-7H,1H3,(H2,13,14,15,16,17). The zero-order valence-electron chi connectivity index (χ0n) is 27.0. The molecule has 49 heavy (non-hydrogen) atoms. The van der Waals surface area contributed by atoms with E-state index in [1.54, 1.807) is 6.33 Å². The molecule has 1 saturated carbocycles. The fraction of sp³-hybridized carbons (Fsp3) is 0.222. The summed E-state index contributed by atoms with van der Waals surface area (Å²) in [6.07, 6.45) is 4.01. The lowest BCUT2D eigenvalue weighted by molar-refractivity contribution is 0.122. The lowest BCUT2D eigenvalue weighted by Crippen LogP contribution is -2.36. The maximum atomic E-state index is 5.45. The summed E-state index contributed by atoms with van der Waals surface area (Å²) in [5, 5.41) is 26.4. The van der Waals surface area contributed by atoms with E-state index in [9.17, 15) is 0 Å². The number of nitrogens with one attached hydrogen (secondary N) is 5. The minimum Gasteiger partial charge on any atom is -0.378 e. The number of anilines is 7. The summed E-state index contributed by atoms with van der Waals surface area (Å²) in [5.74, 6) is 4.20. The van der Waals surface area contributed by atoms with Crippen LogP contribution in [0.15, 0.2) is 91.3 Å². The number of rotatable bonds is 8. The molecule has 0 unspecified atom stereocenters. The summed E-state index contributed by atoms with van der Waals surface area (Å²) in [5.41, 5.74) is 6.12. The third-order valence-electron chi connectivity index (χ3n) is 8.46. The topological polar surface area (TPSA) is 157 Å². The van der Waals surface area contributed by atoms with E-state index < -0.39 is 0 Å². The van der Waals surface area contributed by atoms with Crippen molar-refractivity contribution in [2.24, 2.45) is 0 Å². The van der Waals surface area contributed by atoms with Crippen LogP contribution in [0.2, 0.25) is 0 Å². The molecule has 0 atom stereocenters. The van der Waals surface area contributed by atoms with E-state index in [2.05, 4.69) is 81.5 Å². The van der Waals surface area contributed by atoms with Gasteiger partial charge in [-0.15, -0.1) is 0 Å². The van der Waals surface area contributed by atoms with Gasteiger partial charge in [-0.2, -0.15) is 15.2 Å². The highest BCUT2D eigenvalue weighted by molar-refractivity contribution is 5.92.